The summed E-state index contributed by atoms with van der Waals surface area (Å²) in [4.78, 5) is 36.7. The highest BCUT2D eigenvalue weighted by molar-refractivity contribution is 8.26. The Bertz CT molecular complexity index is 1020. The van der Waals surface area contributed by atoms with Gasteiger partial charge in [0.2, 0.25) is 0 Å². The third-order valence-corrected chi connectivity index (χ3v) is 5.17. The lowest BCUT2D eigenvalue weighted by molar-refractivity contribution is -0.121. The third-order valence-electron chi connectivity index (χ3n) is 3.80. The van der Waals surface area contributed by atoms with Gasteiger partial charge in [0.15, 0.2) is 0 Å². The van der Waals surface area contributed by atoms with Crippen molar-refractivity contribution in [2.24, 2.45) is 0 Å². The minimum atomic E-state index is -1.25. The highest BCUT2D eigenvalue weighted by Gasteiger charge is 2.31. The van der Waals surface area contributed by atoms with E-state index in [1.165, 1.54) is 23.1 Å². The first kappa shape index (κ1) is 19.6. The maximum atomic E-state index is 12.4. The lowest BCUT2D eigenvalue weighted by atomic mass is 10.0. The van der Waals surface area contributed by atoms with Crippen molar-refractivity contribution in [1.29, 1.82) is 0 Å². The molecule has 1 aliphatic rings. The number of carbonyl (C=O) groups excluding carboxylic acids is 1. The van der Waals surface area contributed by atoms with E-state index in [2.05, 4.69) is 6.58 Å². The number of benzene rings is 1. The van der Waals surface area contributed by atoms with Crippen LogP contribution in [0, 0.1) is 0 Å². The Balaban J connectivity index is 1.94. The molecule has 0 spiro atoms. The van der Waals surface area contributed by atoms with Crippen LogP contribution in [0.25, 0.3) is 17.4 Å². The van der Waals surface area contributed by atoms with Crippen LogP contribution in [0.3, 0.4) is 0 Å². The van der Waals surface area contributed by atoms with Crippen molar-refractivity contribution in [2.45, 2.75) is 0 Å². The van der Waals surface area contributed by atoms with Crippen molar-refractivity contribution in [3.05, 3.63) is 64.8 Å². The van der Waals surface area contributed by atoms with Gasteiger partial charge in [-0.2, -0.15) is 0 Å². The number of furan rings is 1. The van der Waals surface area contributed by atoms with Gasteiger partial charge in [-0.3, -0.25) is 9.69 Å². The summed E-state index contributed by atoms with van der Waals surface area (Å²) in [7, 11) is 0. The van der Waals surface area contributed by atoms with Gasteiger partial charge in [0.05, 0.1) is 16.0 Å². The summed E-state index contributed by atoms with van der Waals surface area (Å²) >= 11 is 6.31. The van der Waals surface area contributed by atoms with E-state index in [1.54, 1.807) is 18.2 Å². The van der Waals surface area contributed by atoms with Crippen molar-refractivity contribution in [1.82, 2.24) is 4.90 Å². The van der Waals surface area contributed by atoms with Crippen molar-refractivity contribution in [3.63, 3.8) is 0 Å². The quantitative estimate of drug-likeness (QED) is 0.417. The van der Waals surface area contributed by atoms with E-state index in [0.29, 0.717) is 27.1 Å². The molecule has 9 heteroatoms. The van der Waals surface area contributed by atoms with Crippen LogP contribution in [0.4, 0.5) is 0 Å². The monoisotopic (exact) mass is 415 g/mol. The maximum absolute atomic E-state index is 12.4. The van der Waals surface area contributed by atoms with Crippen LogP contribution >= 0.6 is 24.0 Å². The first-order valence-electron chi connectivity index (χ1n) is 7.88. The molecule has 1 aromatic carbocycles. The Hall–Kier alpha value is -3.17. The molecule has 1 amide bonds. The van der Waals surface area contributed by atoms with Crippen molar-refractivity contribution < 1.29 is 29.0 Å². The van der Waals surface area contributed by atoms with E-state index in [4.69, 9.17) is 16.6 Å². The van der Waals surface area contributed by atoms with Crippen LogP contribution in [0.1, 0.15) is 26.5 Å². The second-order valence-electron chi connectivity index (χ2n) is 5.69. The Kier molecular flexibility index (Phi) is 5.48. The van der Waals surface area contributed by atoms with Gasteiger partial charge in [0, 0.05) is 18.2 Å². The second kappa shape index (κ2) is 7.83. The molecule has 2 heterocycles. The van der Waals surface area contributed by atoms with Crippen LogP contribution in [0.2, 0.25) is 0 Å². The first-order chi connectivity index (χ1) is 13.3. The normalized spacial score (nSPS) is 15.3. The molecule has 0 saturated carbocycles. The molecular weight excluding hydrogens is 402 g/mol. The molecule has 1 fully saturated rings. The highest BCUT2D eigenvalue weighted by Crippen LogP contribution is 2.33. The van der Waals surface area contributed by atoms with Crippen LogP contribution < -0.4 is 0 Å². The number of carboxylic acid groups (broad SMARTS) is 2. The van der Waals surface area contributed by atoms with E-state index >= 15 is 0 Å². The third kappa shape index (κ3) is 3.90. The fourth-order valence-corrected chi connectivity index (χ4v) is 3.77. The molecule has 1 aromatic heterocycles. The Morgan fingerprint density at radius 2 is 1.82 bits per heavy atom. The zero-order valence-electron chi connectivity index (χ0n) is 14.2. The fourth-order valence-electron chi connectivity index (χ4n) is 2.52. The Morgan fingerprint density at radius 1 is 1.18 bits per heavy atom. The first-order valence-corrected chi connectivity index (χ1v) is 9.10. The molecular formula is C19H13NO6S2. The summed E-state index contributed by atoms with van der Waals surface area (Å²) in [6.07, 6.45) is 3.11. The van der Waals surface area contributed by atoms with Crippen LogP contribution in [0.5, 0.6) is 0 Å². The number of carboxylic acids is 2. The van der Waals surface area contributed by atoms with Gasteiger partial charge < -0.3 is 14.6 Å². The van der Waals surface area contributed by atoms with E-state index < -0.39 is 11.9 Å². The van der Waals surface area contributed by atoms with Gasteiger partial charge in [0.25, 0.3) is 5.91 Å². The fraction of sp³-hybridized carbons (Fsp3) is 0.0526. The molecule has 0 radical (unpaired) electrons. The lowest BCUT2D eigenvalue weighted by Crippen LogP contribution is -2.27. The topological polar surface area (TPSA) is 108 Å². The zero-order chi connectivity index (χ0) is 20.4. The van der Waals surface area contributed by atoms with Gasteiger partial charge >= 0.3 is 11.9 Å². The molecule has 142 valence electrons. The summed E-state index contributed by atoms with van der Waals surface area (Å²) in [5, 5.41) is 18.4. The minimum absolute atomic E-state index is 0.168. The summed E-state index contributed by atoms with van der Waals surface area (Å²) in [5.74, 6) is -2.12. The van der Waals surface area contributed by atoms with Crippen LogP contribution in [-0.2, 0) is 4.79 Å². The molecule has 0 bridgehead atoms. The number of thiocarbonyl (C=S) groups is 1. The number of nitrogens with zero attached hydrogens (tertiary/aromatic N) is 1. The molecule has 3 rings (SSSR count). The number of carbonyl (C=O) groups is 3. The van der Waals surface area contributed by atoms with Crippen molar-refractivity contribution >= 4 is 52.2 Å². The van der Waals surface area contributed by atoms with Gasteiger partial charge in [0.1, 0.15) is 15.8 Å². The van der Waals surface area contributed by atoms with E-state index in [-0.39, 0.29) is 22.8 Å². The molecule has 2 N–H and O–H groups in total. The average Bonchev–Trinajstić information content (AvgIpc) is 3.22. The molecule has 7 nitrogen and oxygen atoms in total. The van der Waals surface area contributed by atoms with E-state index in [1.807, 2.05) is 0 Å². The number of aromatic carboxylic acids is 2. The summed E-state index contributed by atoms with van der Waals surface area (Å²) in [5.41, 5.74) is -0.0348. The molecule has 0 atom stereocenters. The molecule has 2 aromatic rings. The zero-order valence-corrected chi connectivity index (χ0v) is 15.9. The molecule has 1 saturated heterocycles. The summed E-state index contributed by atoms with van der Waals surface area (Å²) < 4.78 is 6.09. The maximum Gasteiger partial charge on any atom is 0.335 e. The average molecular weight is 415 g/mol. The predicted octanol–water partition coefficient (Wildman–Crippen LogP) is 3.73. The Labute approximate surface area is 168 Å². The number of thioether (sulfide) groups is 1. The number of hydrogen-bond donors (Lipinski definition) is 2. The standard InChI is InChI=1S/C19H13NO6S2/c1-2-5-20-16(21)15(28-19(20)27)9-13-3-4-14(26-13)10-6-11(17(22)23)8-12(7-10)18(24)25/h2-4,6-9H,1,5H2,(H,22,23)(H,24,25). The SMILES string of the molecule is C=CCN1C(=O)C(=Cc2ccc(-c3cc(C(=O)O)cc(C(=O)O)c3)o2)SC1=S. The molecule has 0 aliphatic carbocycles. The smallest absolute Gasteiger partial charge is 0.335 e. The largest absolute Gasteiger partial charge is 0.478 e. The van der Waals surface area contributed by atoms with Crippen molar-refractivity contribution in [3.8, 4) is 11.3 Å². The van der Waals surface area contributed by atoms with Gasteiger partial charge in [-0.1, -0.05) is 30.1 Å². The predicted molar refractivity (Wildman–Crippen MR) is 108 cm³/mol. The second-order valence-corrected chi connectivity index (χ2v) is 7.37. The number of hydrogen-bond acceptors (Lipinski definition) is 6. The number of amides is 1. The number of rotatable bonds is 6. The van der Waals surface area contributed by atoms with E-state index in [0.717, 1.165) is 17.8 Å². The molecule has 0 unspecified atom stereocenters. The van der Waals surface area contributed by atoms with Gasteiger partial charge in [-0.25, -0.2) is 9.59 Å². The van der Waals surface area contributed by atoms with E-state index in [9.17, 15) is 24.6 Å². The van der Waals surface area contributed by atoms with Crippen molar-refractivity contribution in [2.75, 3.05) is 6.54 Å². The molecule has 1 aliphatic heterocycles. The minimum Gasteiger partial charge on any atom is -0.478 e. The van der Waals surface area contributed by atoms with Crippen LogP contribution in [-0.4, -0.2) is 43.8 Å². The van der Waals surface area contributed by atoms with Crippen LogP contribution in [0.15, 0.2) is 52.3 Å². The Morgan fingerprint density at radius 3 is 2.39 bits per heavy atom. The summed E-state index contributed by atoms with van der Waals surface area (Å²) in [6, 6.07) is 6.89. The van der Waals surface area contributed by atoms with Gasteiger partial charge in [-0.05, 0) is 30.3 Å². The lowest BCUT2D eigenvalue weighted by Gasteiger charge is -2.10. The summed E-state index contributed by atoms with van der Waals surface area (Å²) in [6.45, 7) is 3.90. The highest BCUT2D eigenvalue weighted by atomic mass is 32.2. The van der Waals surface area contributed by atoms with Gasteiger partial charge in [-0.15, -0.1) is 6.58 Å². The molecule has 28 heavy (non-hydrogen) atoms.